The van der Waals surface area contributed by atoms with Crippen molar-refractivity contribution in [3.8, 4) is 0 Å². The lowest BCUT2D eigenvalue weighted by Gasteiger charge is -2.34. The molecule has 32 heavy (non-hydrogen) atoms. The SMILES string of the molecule is O=c1ccc2ccc(=O)n3c2n1C[C@H]3CN1CCC(NCc2cc3cccnc3[nH]2)CC1. The van der Waals surface area contributed by atoms with Gasteiger partial charge in [0.05, 0.1) is 6.04 Å². The van der Waals surface area contributed by atoms with Gasteiger partial charge in [-0.3, -0.25) is 18.7 Å². The first-order chi connectivity index (χ1) is 15.7. The smallest absolute Gasteiger partial charge is 0.252 e. The molecule has 1 saturated heterocycles. The zero-order valence-electron chi connectivity index (χ0n) is 17.8. The van der Waals surface area contributed by atoms with Gasteiger partial charge in [0.1, 0.15) is 11.3 Å². The highest BCUT2D eigenvalue weighted by molar-refractivity contribution is 5.76. The molecule has 0 radical (unpaired) electrons. The Hall–Kier alpha value is -3.23. The lowest BCUT2D eigenvalue weighted by atomic mass is 10.0. The lowest BCUT2D eigenvalue weighted by Crippen LogP contribution is -2.44. The first-order valence-corrected chi connectivity index (χ1v) is 11.3. The highest BCUT2D eigenvalue weighted by atomic mass is 16.1. The second kappa shape index (κ2) is 7.72. The van der Waals surface area contributed by atoms with Crippen molar-refractivity contribution >= 4 is 22.1 Å². The van der Waals surface area contributed by atoms with Crippen LogP contribution in [0.5, 0.6) is 0 Å². The van der Waals surface area contributed by atoms with Crippen LogP contribution in [0.25, 0.3) is 22.1 Å². The Morgan fingerprint density at radius 2 is 1.84 bits per heavy atom. The second-order valence-corrected chi connectivity index (χ2v) is 8.95. The van der Waals surface area contributed by atoms with E-state index in [4.69, 9.17) is 0 Å². The minimum atomic E-state index is -0.0329. The van der Waals surface area contributed by atoms with Crippen LogP contribution in [0.15, 0.2) is 58.3 Å². The minimum absolute atomic E-state index is 0.00431. The summed E-state index contributed by atoms with van der Waals surface area (Å²) in [5, 5.41) is 5.76. The number of hydrogen-bond donors (Lipinski definition) is 2. The molecule has 6 rings (SSSR count). The molecule has 2 aliphatic rings. The molecule has 0 aliphatic carbocycles. The molecular formula is C24H26N6O2. The van der Waals surface area contributed by atoms with Crippen LogP contribution in [-0.4, -0.2) is 49.7 Å². The van der Waals surface area contributed by atoms with E-state index < -0.39 is 0 Å². The van der Waals surface area contributed by atoms with Crippen LogP contribution in [0.3, 0.4) is 0 Å². The second-order valence-electron chi connectivity index (χ2n) is 8.95. The molecule has 0 unspecified atom stereocenters. The standard InChI is InChI=1S/C24H26N6O2/c31-21-5-3-16-4-6-22(32)30-20(15-29(21)24(16)30)14-28-10-7-18(8-11-28)26-13-19-12-17-2-1-9-25-23(17)27-19/h1-6,9,12,18,20,26H,7-8,10-11,13-15H2,(H,25,27)/t20-/m1/s1. The lowest BCUT2D eigenvalue weighted by molar-refractivity contribution is 0.171. The Morgan fingerprint density at radius 1 is 1.03 bits per heavy atom. The van der Waals surface area contributed by atoms with Gasteiger partial charge in [-0.25, -0.2) is 4.98 Å². The number of fused-ring (bicyclic) bond motifs is 1. The predicted molar refractivity (Wildman–Crippen MR) is 124 cm³/mol. The highest BCUT2D eigenvalue weighted by Gasteiger charge is 2.29. The average molecular weight is 431 g/mol. The summed E-state index contributed by atoms with van der Waals surface area (Å²) < 4.78 is 3.58. The quantitative estimate of drug-likeness (QED) is 0.505. The molecule has 1 fully saturated rings. The summed E-state index contributed by atoms with van der Waals surface area (Å²) in [6.07, 6.45) is 3.94. The third-order valence-corrected chi connectivity index (χ3v) is 6.90. The van der Waals surface area contributed by atoms with E-state index in [0.717, 1.165) is 66.8 Å². The van der Waals surface area contributed by atoms with E-state index in [1.165, 1.54) is 0 Å². The van der Waals surface area contributed by atoms with E-state index in [9.17, 15) is 9.59 Å². The predicted octanol–water partition coefficient (Wildman–Crippen LogP) is 1.85. The minimum Gasteiger partial charge on any atom is -0.342 e. The number of likely N-dealkylation sites (tertiary alicyclic amines) is 1. The molecule has 0 bridgehead atoms. The maximum atomic E-state index is 12.6. The van der Waals surface area contributed by atoms with Crippen LogP contribution in [-0.2, 0) is 13.1 Å². The first kappa shape index (κ1) is 19.5. The number of piperidine rings is 1. The van der Waals surface area contributed by atoms with Gasteiger partial charge in [0.2, 0.25) is 0 Å². The van der Waals surface area contributed by atoms with Gasteiger partial charge in [-0.2, -0.15) is 0 Å². The molecule has 2 N–H and O–H groups in total. The largest absolute Gasteiger partial charge is 0.342 e. The number of H-pyrrole nitrogens is 1. The van der Waals surface area contributed by atoms with E-state index in [1.807, 2.05) is 22.8 Å². The Kier molecular flexibility index (Phi) is 4.69. The summed E-state index contributed by atoms with van der Waals surface area (Å²) in [7, 11) is 0. The molecule has 4 aromatic rings. The number of nitrogens with one attached hydrogen (secondary N) is 2. The Labute approximate surface area is 184 Å². The van der Waals surface area contributed by atoms with Crippen molar-refractivity contribution in [2.45, 2.75) is 38.0 Å². The maximum Gasteiger partial charge on any atom is 0.252 e. The van der Waals surface area contributed by atoms with Crippen LogP contribution in [0.2, 0.25) is 0 Å². The fourth-order valence-corrected chi connectivity index (χ4v) is 5.27. The van der Waals surface area contributed by atoms with E-state index in [-0.39, 0.29) is 17.2 Å². The number of aromatic nitrogens is 4. The van der Waals surface area contributed by atoms with Crippen LogP contribution in [0.4, 0.5) is 0 Å². The molecule has 6 heterocycles. The molecule has 8 heteroatoms. The number of pyridine rings is 3. The van der Waals surface area contributed by atoms with E-state index >= 15 is 0 Å². The van der Waals surface area contributed by atoms with Crippen molar-refractivity contribution in [2.75, 3.05) is 19.6 Å². The fraction of sp³-hybridized carbons (Fsp3) is 0.375. The molecule has 0 spiro atoms. The molecular weight excluding hydrogens is 404 g/mol. The van der Waals surface area contributed by atoms with Crippen LogP contribution < -0.4 is 16.4 Å². The Morgan fingerprint density at radius 3 is 2.66 bits per heavy atom. The van der Waals surface area contributed by atoms with Crippen molar-refractivity contribution < 1.29 is 0 Å². The van der Waals surface area contributed by atoms with Crippen molar-refractivity contribution in [3.63, 3.8) is 0 Å². The van der Waals surface area contributed by atoms with Crippen molar-refractivity contribution in [1.82, 2.24) is 29.3 Å². The number of rotatable bonds is 5. The average Bonchev–Trinajstić information content (AvgIpc) is 3.40. The Bertz CT molecular complexity index is 1370. The molecule has 8 nitrogen and oxygen atoms in total. The fourth-order valence-electron chi connectivity index (χ4n) is 5.27. The third kappa shape index (κ3) is 3.36. The number of aromatic amines is 1. The molecule has 4 aromatic heterocycles. The van der Waals surface area contributed by atoms with Crippen LogP contribution >= 0.6 is 0 Å². The molecule has 164 valence electrons. The van der Waals surface area contributed by atoms with Crippen molar-refractivity contribution in [3.05, 3.63) is 75.1 Å². The van der Waals surface area contributed by atoms with Gasteiger partial charge in [-0.05, 0) is 56.3 Å². The highest BCUT2D eigenvalue weighted by Crippen LogP contribution is 2.25. The normalized spacial score (nSPS) is 19.3. The zero-order valence-corrected chi connectivity index (χ0v) is 17.8. The summed E-state index contributed by atoms with van der Waals surface area (Å²) in [5.74, 6) is 0. The topological polar surface area (TPSA) is 87.9 Å². The summed E-state index contributed by atoms with van der Waals surface area (Å²) in [6, 6.07) is 13.5. The van der Waals surface area contributed by atoms with Gasteiger partial charge in [0.25, 0.3) is 11.1 Å². The Balaban J connectivity index is 1.09. The van der Waals surface area contributed by atoms with Gasteiger partial charge in [0.15, 0.2) is 0 Å². The molecule has 0 saturated carbocycles. The summed E-state index contributed by atoms with van der Waals surface area (Å²) in [5.41, 5.74) is 2.79. The first-order valence-electron chi connectivity index (χ1n) is 11.3. The molecule has 2 aliphatic heterocycles. The van der Waals surface area contributed by atoms with E-state index in [0.29, 0.717) is 12.6 Å². The summed E-state index contributed by atoms with van der Waals surface area (Å²) >= 11 is 0. The van der Waals surface area contributed by atoms with Gasteiger partial charge in [-0.1, -0.05) is 0 Å². The van der Waals surface area contributed by atoms with Crippen molar-refractivity contribution in [2.24, 2.45) is 0 Å². The summed E-state index contributed by atoms with van der Waals surface area (Å²) in [6.45, 7) is 4.14. The van der Waals surface area contributed by atoms with Crippen LogP contribution in [0.1, 0.15) is 24.6 Å². The maximum absolute atomic E-state index is 12.6. The number of nitrogens with zero attached hydrogens (tertiary/aromatic N) is 4. The van der Waals surface area contributed by atoms with Gasteiger partial charge >= 0.3 is 0 Å². The van der Waals surface area contributed by atoms with Crippen LogP contribution in [0, 0.1) is 0 Å². The van der Waals surface area contributed by atoms with E-state index in [1.54, 1.807) is 22.9 Å². The third-order valence-electron chi connectivity index (χ3n) is 6.90. The molecule has 0 amide bonds. The van der Waals surface area contributed by atoms with Crippen molar-refractivity contribution in [1.29, 1.82) is 0 Å². The van der Waals surface area contributed by atoms with Gasteiger partial charge in [-0.15, -0.1) is 0 Å². The van der Waals surface area contributed by atoms with E-state index in [2.05, 4.69) is 32.3 Å². The zero-order chi connectivity index (χ0) is 21.7. The molecule has 1 atom stereocenters. The molecule has 0 aromatic carbocycles. The summed E-state index contributed by atoms with van der Waals surface area (Å²) in [4.78, 5) is 35.1. The number of hydrogen-bond acceptors (Lipinski definition) is 5. The van der Waals surface area contributed by atoms with Gasteiger partial charge < -0.3 is 15.2 Å². The van der Waals surface area contributed by atoms with Gasteiger partial charge in [0, 0.05) is 60.5 Å². The monoisotopic (exact) mass is 430 g/mol.